The average molecular weight is 276 g/mol. The highest BCUT2D eigenvalue weighted by Gasteiger charge is 2.18. The molecule has 2 rings (SSSR count). The number of hydrogen-bond donors (Lipinski definition) is 2. The van der Waals surface area contributed by atoms with Gasteiger partial charge < -0.3 is 11.1 Å². The number of rotatable bonds is 3. The summed E-state index contributed by atoms with van der Waals surface area (Å²) in [7, 11) is 0. The molecule has 0 aliphatic carbocycles. The van der Waals surface area contributed by atoms with Crippen LogP contribution in [-0.2, 0) is 6.54 Å². The number of halogens is 2. The maximum atomic E-state index is 13.8. The number of hydrogen-bond acceptors (Lipinski definition) is 2. The minimum atomic E-state index is -0.883. The van der Waals surface area contributed by atoms with Gasteiger partial charge in [0.2, 0.25) is 0 Å². The number of amides is 1. The topological polar surface area (TPSA) is 55.1 Å². The second-order valence-corrected chi connectivity index (χ2v) is 4.43. The van der Waals surface area contributed by atoms with E-state index >= 15 is 0 Å². The van der Waals surface area contributed by atoms with E-state index in [1.807, 2.05) is 0 Å². The van der Waals surface area contributed by atoms with E-state index in [4.69, 9.17) is 5.73 Å². The molecule has 0 aliphatic rings. The van der Waals surface area contributed by atoms with E-state index in [0.717, 1.165) is 6.07 Å². The average Bonchev–Trinajstić information content (AvgIpc) is 2.42. The van der Waals surface area contributed by atoms with Gasteiger partial charge in [0.05, 0.1) is 0 Å². The highest BCUT2D eigenvalue weighted by Crippen LogP contribution is 2.17. The molecule has 20 heavy (non-hydrogen) atoms. The molecular weight excluding hydrogens is 262 g/mol. The van der Waals surface area contributed by atoms with Crippen molar-refractivity contribution in [3.8, 4) is 0 Å². The normalized spacial score (nSPS) is 10.3. The lowest BCUT2D eigenvalue weighted by Gasteiger charge is -2.10. The molecule has 3 nitrogen and oxygen atoms in total. The van der Waals surface area contributed by atoms with Crippen LogP contribution in [-0.4, -0.2) is 5.91 Å². The lowest BCUT2D eigenvalue weighted by Crippen LogP contribution is -2.25. The summed E-state index contributed by atoms with van der Waals surface area (Å²) in [6.45, 7) is 1.58. The van der Waals surface area contributed by atoms with Crippen molar-refractivity contribution >= 4 is 11.6 Å². The first-order valence-corrected chi connectivity index (χ1v) is 6.07. The Morgan fingerprint density at radius 1 is 1.20 bits per heavy atom. The molecule has 1 amide bonds. The Morgan fingerprint density at radius 2 is 1.90 bits per heavy atom. The largest absolute Gasteiger partial charge is 0.398 e. The standard InChI is InChI=1S/C15H14F2N2O/c1-9-6-7-11(16)13(14(9)17)15(20)19-8-10-4-2-3-5-12(10)18/h2-7H,8,18H2,1H3,(H,19,20). The number of carbonyl (C=O) groups excluding carboxylic acids is 1. The van der Waals surface area contributed by atoms with Crippen molar-refractivity contribution in [2.75, 3.05) is 5.73 Å². The Hall–Kier alpha value is -2.43. The van der Waals surface area contributed by atoms with Gasteiger partial charge in [-0.25, -0.2) is 8.78 Å². The van der Waals surface area contributed by atoms with E-state index in [2.05, 4.69) is 5.32 Å². The van der Waals surface area contributed by atoms with Crippen LogP contribution in [0.2, 0.25) is 0 Å². The van der Waals surface area contributed by atoms with E-state index in [9.17, 15) is 13.6 Å². The number of anilines is 1. The summed E-state index contributed by atoms with van der Waals surface area (Å²) in [6, 6.07) is 9.32. The fraction of sp³-hybridized carbons (Fsp3) is 0.133. The first-order chi connectivity index (χ1) is 9.50. The second kappa shape index (κ2) is 5.69. The molecule has 0 aliphatic heterocycles. The maximum Gasteiger partial charge on any atom is 0.257 e. The first-order valence-electron chi connectivity index (χ1n) is 6.07. The van der Waals surface area contributed by atoms with E-state index in [1.54, 1.807) is 24.3 Å². The van der Waals surface area contributed by atoms with Gasteiger partial charge in [-0.2, -0.15) is 0 Å². The molecular formula is C15H14F2N2O. The van der Waals surface area contributed by atoms with E-state index in [1.165, 1.54) is 13.0 Å². The van der Waals surface area contributed by atoms with Crippen molar-refractivity contribution in [2.45, 2.75) is 13.5 Å². The van der Waals surface area contributed by atoms with Gasteiger partial charge in [0.1, 0.15) is 17.2 Å². The summed E-state index contributed by atoms with van der Waals surface area (Å²) in [6.07, 6.45) is 0. The molecule has 5 heteroatoms. The number of carbonyl (C=O) groups is 1. The molecule has 0 atom stereocenters. The van der Waals surface area contributed by atoms with Crippen LogP contribution in [0.25, 0.3) is 0 Å². The second-order valence-electron chi connectivity index (χ2n) is 4.43. The lowest BCUT2D eigenvalue weighted by atomic mass is 10.1. The molecule has 0 spiro atoms. The SMILES string of the molecule is Cc1ccc(F)c(C(=O)NCc2ccccc2N)c1F. The first kappa shape index (κ1) is 14.0. The monoisotopic (exact) mass is 276 g/mol. The molecule has 0 unspecified atom stereocenters. The molecule has 3 N–H and O–H groups in total. The maximum absolute atomic E-state index is 13.8. The number of nitrogens with two attached hydrogens (primary N) is 1. The minimum absolute atomic E-state index is 0.109. The van der Waals surface area contributed by atoms with Gasteiger partial charge in [-0.3, -0.25) is 4.79 Å². The van der Waals surface area contributed by atoms with E-state index < -0.39 is 23.1 Å². The fourth-order valence-corrected chi connectivity index (χ4v) is 1.82. The van der Waals surface area contributed by atoms with Gasteiger partial charge in [0.15, 0.2) is 0 Å². The van der Waals surface area contributed by atoms with Crippen molar-refractivity contribution in [3.05, 3.63) is 64.7 Å². The van der Waals surface area contributed by atoms with Crippen LogP contribution < -0.4 is 11.1 Å². The van der Waals surface area contributed by atoms with Crippen molar-refractivity contribution in [1.82, 2.24) is 5.32 Å². The van der Waals surface area contributed by atoms with Gasteiger partial charge >= 0.3 is 0 Å². The van der Waals surface area contributed by atoms with Crippen LogP contribution in [0.4, 0.5) is 14.5 Å². The molecule has 0 heterocycles. The van der Waals surface area contributed by atoms with Crippen LogP contribution in [0.1, 0.15) is 21.5 Å². The minimum Gasteiger partial charge on any atom is -0.398 e. The van der Waals surface area contributed by atoms with E-state index in [0.29, 0.717) is 11.3 Å². The molecule has 0 saturated carbocycles. The molecule has 0 saturated heterocycles. The number of para-hydroxylation sites is 1. The van der Waals surface area contributed by atoms with Crippen molar-refractivity contribution < 1.29 is 13.6 Å². The Balaban J connectivity index is 2.18. The Bertz CT molecular complexity index is 656. The fourth-order valence-electron chi connectivity index (χ4n) is 1.82. The van der Waals surface area contributed by atoms with Gasteiger partial charge in [-0.1, -0.05) is 24.3 Å². The smallest absolute Gasteiger partial charge is 0.257 e. The van der Waals surface area contributed by atoms with Crippen molar-refractivity contribution in [1.29, 1.82) is 0 Å². The third-order valence-corrected chi connectivity index (χ3v) is 3.01. The van der Waals surface area contributed by atoms with Gasteiger partial charge in [-0.05, 0) is 30.2 Å². The molecule has 0 aromatic heterocycles. The van der Waals surface area contributed by atoms with Gasteiger partial charge in [0.25, 0.3) is 5.91 Å². The van der Waals surface area contributed by atoms with Crippen LogP contribution in [0.5, 0.6) is 0 Å². The number of benzene rings is 2. The number of nitrogens with one attached hydrogen (secondary N) is 1. The lowest BCUT2D eigenvalue weighted by molar-refractivity contribution is 0.0942. The Labute approximate surface area is 115 Å². The van der Waals surface area contributed by atoms with Crippen LogP contribution in [0.3, 0.4) is 0 Å². The quantitative estimate of drug-likeness (QED) is 0.847. The molecule has 2 aromatic rings. The third-order valence-electron chi connectivity index (χ3n) is 3.01. The molecule has 2 aromatic carbocycles. The summed E-state index contributed by atoms with van der Waals surface area (Å²) in [5, 5.41) is 2.47. The molecule has 104 valence electrons. The summed E-state index contributed by atoms with van der Waals surface area (Å²) < 4.78 is 27.4. The number of aryl methyl sites for hydroxylation is 1. The van der Waals surface area contributed by atoms with Crippen LogP contribution >= 0.6 is 0 Å². The third kappa shape index (κ3) is 2.77. The molecule has 0 bridgehead atoms. The van der Waals surface area contributed by atoms with E-state index in [-0.39, 0.29) is 12.1 Å². The number of nitrogen functional groups attached to an aromatic ring is 1. The van der Waals surface area contributed by atoms with Crippen LogP contribution in [0, 0.1) is 18.6 Å². The molecule has 0 radical (unpaired) electrons. The zero-order chi connectivity index (χ0) is 14.7. The summed E-state index contributed by atoms with van der Waals surface area (Å²) in [4.78, 5) is 11.9. The summed E-state index contributed by atoms with van der Waals surface area (Å²) in [5.74, 6) is -2.53. The van der Waals surface area contributed by atoms with Gasteiger partial charge in [-0.15, -0.1) is 0 Å². The van der Waals surface area contributed by atoms with Crippen molar-refractivity contribution in [2.24, 2.45) is 0 Å². The highest BCUT2D eigenvalue weighted by atomic mass is 19.1. The predicted octanol–water partition coefficient (Wildman–Crippen LogP) is 2.79. The summed E-state index contributed by atoms with van der Waals surface area (Å²) in [5.41, 5.74) is 6.58. The van der Waals surface area contributed by atoms with Gasteiger partial charge in [0, 0.05) is 12.2 Å². The Kier molecular flexibility index (Phi) is 3.98. The zero-order valence-electron chi connectivity index (χ0n) is 10.9. The summed E-state index contributed by atoms with van der Waals surface area (Å²) >= 11 is 0. The zero-order valence-corrected chi connectivity index (χ0v) is 10.9. The highest BCUT2D eigenvalue weighted by molar-refractivity contribution is 5.95. The van der Waals surface area contributed by atoms with Crippen LogP contribution in [0.15, 0.2) is 36.4 Å². The van der Waals surface area contributed by atoms with Crippen molar-refractivity contribution in [3.63, 3.8) is 0 Å². The Morgan fingerprint density at radius 3 is 2.60 bits per heavy atom. The predicted molar refractivity (Wildman–Crippen MR) is 73.1 cm³/mol. The molecule has 0 fully saturated rings.